The molecule has 0 amide bonds. The molecule has 0 spiro atoms. The van der Waals surface area contributed by atoms with Crippen molar-refractivity contribution in [3.63, 3.8) is 0 Å². The van der Waals surface area contributed by atoms with Crippen molar-refractivity contribution in [3.05, 3.63) is 29.3 Å². The number of sulfonamides is 1. The summed E-state index contributed by atoms with van der Waals surface area (Å²) >= 11 is 0. The third-order valence-corrected chi connectivity index (χ3v) is 6.23. The minimum absolute atomic E-state index is 0.272. The van der Waals surface area contributed by atoms with Crippen molar-refractivity contribution < 1.29 is 8.42 Å². The van der Waals surface area contributed by atoms with Gasteiger partial charge in [0.25, 0.3) is 0 Å². The number of aryl methyl sites for hydroxylation is 2. The lowest BCUT2D eigenvalue weighted by atomic mass is 9.88. The van der Waals surface area contributed by atoms with Gasteiger partial charge < -0.3 is 5.73 Å². The number of rotatable bonds is 3. The fourth-order valence-electron chi connectivity index (χ4n) is 2.92. The molecule has 1 aliphatic carbocycles. The molecule has 4 nitrogen and oxygen atoms in total. The number of nitrogens with zero attached hydrogens (tertiary/aromatic N) is 1. The van der Waals surface area contributed by atoms with E-state index in [1.807, 2.05) is 26.0 Å². The molecule has 0 radical (unpaired) electrons. The van der Waals surface area contributed by atoms with Gasteiger partial charge in [-0.25, -0.2) is 8.42 Å². The molecule has 0 unspecified atom stereocenters. The molecule has 19 heavy (non-hydrogen) atoms. The third kappa shape index (κ3) is 2.10. The molecule has 5 heteroatoms. The average molecular weight is 280 g/mol. The molecule has 2 N–H and O–H groups in total. The van der Waals surface area contributed by atoms with E-state index in [2.05, 4.69) is 0 Å². The van der Waals surface area contributed by atoms with Gasteiger partial charge in [0.15, 0.2) is 0 Å². The number of nitrogens with two attached hydrogens (primary N) is 1. The normalized spacial score (nSPS) is 23.1. The monoisotopic (exact) mass is 280 g/mol. The molecule has 1 aromatic carbocycles. The first-order chi connectivity index (χ1) is 8.83. The van der Waals surface area contributed by atoms with E-state index in [0.29, 0.717) is 23.9 Å². The second kappa shape index (κ2) is 4.04. The number of hydrogen-bond acceptors (Lipinski definition) is 3. The maximum absolute atomic E-state index is 12.5. The predicted octanol–water partition coefficient (Wildman–Crippen LogP) is 1.42. The SMILES string of the molecule is Cc1ccc(S(=O)(=O)N2CC(N)(C3CC3)C2)c(C)c1. The van der Waals surface area contributed by atoms with E-state index in [4.69, 9.17) is 5.73 Å². The van der Waals surface area contributed by atoms with Gasteiger partial charge in [0, 0.05) is 18.6 Å². The molecular weight excluding hydrogens is 260 g/mol. The first-order valence-electron chi connectivity index (χ1n) is 6.69. The van der Waals surface area contributed by atoms with Crippen molar-refractivity contribution in [2.24, 2.45) is 11.7 Å². The van der Waals surface area contributed by atoms with E-state index in [-0.39, 0.29) is 5.54 Å². The van der Waals surface area contributed by atoms with Crippen LogP contribution in [0.5, 0.6) is 0 Å². The molecule has 0 aromatic heterocycles. The lowest BCUT2D eigenvalue weighted by Gasteiger charge is -2.47. The van der Waals surface area contributed by atoms with Gasteiger partial charge in [-0.1, -0.05) is 17.7 Å². The topological polar surface area (TPSA) is 63.4 Å². The Labute approximate surface area is 114 Å². The highest BCUT2D eigenvalue weighted by molar-refractivity contribution is 7.89. The number of benzene rings is 1. The molecule has 1 saturated carbocycles. The fraction of sp³-hybridized carbons (Fsp3) is 0.571. The molecule has 1 aromatic rings. The standard InChI is InChI=1S/C14H20N2O2S/c1-10-3-6-13(11(2)7-10)19(17,18)16-8-14(15,9-16)12-4-5-12/h3,6-7,12H,4-5,8-9,15H2,1-2H3. The minimum atomic E-state index is -3.37. The summed E-state index contributed by atoms with van der Waals surface area (Å²) in [4.78, 5) is 0.413. The fourth-order valence-corrected chi connectivity index (χ4v) is 4.73. The van der Waals surface area contributed by atoms with E-state index in [0.717, 1.165) is 24.0 Å². The molecule has 1 heterocycles. The van der Waals surface area contributed by atoms with Crippen molar-refractivity contribution in [2.75, 3.05) is 13.1 Å². The second-order valence-corrected chi connectivity index (χ2v) is 7.96. The summed E-state index contributed by atoms with van der Waals surface area (Å²) in [7, 11) is -3.37. The zero-order valence-corrected chi connectivity index (χ0v) is 12.2. The van der Waals surface area contributed by atoms with E-state index >= 15 is 0 Å². The highest BCUT2D eigenvalue weighted by Gasteiger charge is 2.53. The van der Waals surface area contributed by atoms with Gasteiger partial charge in [-0.3, -0.25) is 0 Å². The molecule has 1 aliphatic heterocycles. The zero-order chi connectivity index (χ0) is 13.8. The van der Waals surface area contributed by atoms with Gasteiger partial charge >= 0.3 is 0 Å². The molecule has 1 saturated heterocycles. The van der Waals surface area contributed by atoms with E-state index in [9.17, 15) is 8.42 Å². The van der Waals surface area contributed by atoms with Crippen molar-refractivity contribution in [1.82, 2.24) is 4.31 Å². The average Bonchev–Trinajstić information content (AvgIpc) is 3.07. The van der Waals surface area contributed by atoms with Crippen LogP contribution in [0, 0.1) is 19.8 Å². The summed E-state index contributed by atoms with van der Waals surface area (Å²) in [6.07, 6.45) is 2.29. The summed E-state index contributed by atoms with van der Waals surface area (Å²) in [6.45, 7) is 4.74. The Morgan fingerprint density at radius 3 is 2.42 bits per heavy atom. The van der Waals surface area contributed by atoms with Crippen molar-refractivity contribution in [1.29, 1.82) is 0 Å². The summed E-state index contributed by atoms with van der Waals surface area (Å²) in [5.41, 5.74) is 7.84. The Morgan fingerprint density at radius 2 is 1.89 bits per heavy atom. The quantitative estimate of drug-likeness (QED) is 0.910. The van der Waals surface area contributed by atoms with Crippen LogP contribution in [0.3, 0.4) is 0 Å². The van der Waals surface area contributed by atoms with Crippen molar-refractivity contribution in [2.45, 2.75) is 37.1 Å². The largest absolute Gasteiger partial charge is 0.323 e. The molecular formula is C14H20N2O2S. The highest BCUT2D eigenvalue weighted by atomic mass is 32.2. The van der Waals surface area contributed by atoms with Crippen molar-refractivity contribution >= 4 is 10.0 Å². The van der Waals surface area contributed by atoms with Gasteiger partial charge in [0.2, 0.25) is 10.0 Å². The van der Waals surface area contributed by atoms with Crippen molar-refractivity contribution in [3.8, 4) is 0 Å². The molecule has 2 fully saturated rings. The molecule has 0 atom stereocenters. The van der Waals surface area contributed by atoms with Gasteiger partial charge in [0.1, 0.15) is 0 Å². The molecule has 104 valence electrons. The van der Waals surface area contributed by atoms with Gasteiger partial charge in [-0.05, 0) is 44.2 Å². The first kappa shape index (κ1) is 13.1. The van der Waals surface area contributed by atoms with Crippen LogP contribution in [-0.4, -0.2) is 31.4 Å². The maximum Gasteiger partial charge on any atom is 0.243 e. The smallest absolute Gasteiger partial charge is 0.243 e. The minimum Gasteiger partial charge on any atom is -0.323 e. The van der Waals surface area contributed by atoms with E-state index < -0.39 is 10.0 Å². The summed E-state index contributed by atoms with van der Waals surface area (Å²) in [5.74, 6) is 0.526. The van der Waals surface area contributed by atoms with Crippen LogP contribution in [0.1, 0.15) is 24.0 Å². The first-order valence-corrected chi connectivity index (χ1v) is 8.13. The van der Waals surface area contributed by atoms with E-state index in [1.54, 1.807) is 6.07 Å². The second-order valence-electron chi connectivity index (χ2n) is 6.05. The van der Waals surface area contributed by atoms with Crippen LogP contribution in [0.4, 0.5) is 0 Å². The van der Waals surface area contributed by atoms with Crippen LogP contribution in [0.2, 0.25) is 0 Å². The molecule has 0 bridgehead atoms. The Balaban J connectivity index is 1.84. The third-order valence-electron chi connectivity index (χ3n) is 4.28. The zero-order valence-electron chi connectivity index (χ0n) is 11.4. The van der Waals surface area contributed by atoms with Gasteiger partial charge in [0.05, 0.1) is 4.90 Å². The Kier molecular flexibility index (Phi) is 2.78. The van der Waals surface area contributed by atoms with Crippen LogP contribution < -0.4 is 5.73 Å². The lowest BCUT2D eigenvalue weighted by Crippen LogP contribution is -2.69. The summed E-state index contributed by atoms with van der Waals surface area (Å²) in [6, 6.07) is 5.45. The van der Waals surface area contributed by atoms with Gasteiger partial charge in [-0.2, -0.15) is 4.31 Å². The maximum atomic E-state index is 12.5. The van der Waals surface area contributed by atoms with Crippen LogP contribution >= 0.6 is 0 Å². The van der Waals surface area contributed by atoms with Crippen LogP contribution in [0.25, 0.3) is 0 Å². The predicted molar refractivity (Wildman–Crippen MR) is 74.3 cm³/mol. The number of hydrogen-bond donors (Lipinski definition) is 1. The molecule has 3 rings (SSSR count). The Hall–Kier alpha value is -0.910. The summed E-state index contributed by atoms with van der Waals surface area (Å²) < 4.78 is 26.6. The molecule has 2 aliphatic rings. The van der Waals surface area contributed by atoms with Crippen LogP contribution in [-0.2, 0) is 10.0 Å². The highest BCUT2D eigenvalue weighted by Crippen LogP contribution is 2.44. The Bertz CT molecular complexity index is 614. The van der Waals surface area contributed by atoms with Crippen LogP contribution in [0.15, 0.2) is 23.1 Å². The van der Waals surface area contributed by atoms with Gasteiger partial charge in [-0.15, -0.1) is 0 Å². The van der Waals surface area contributed by atoms with E-state index in [1.165, 1.54) is 4.31 Å². The lowest BCUT2D eigenvalue weighted by molar-refractivity contribution is 0.135. The summed E-state index contributed by atoms with van der Waals surface area (Å²) in [5, 5.41) is 0. The Morgan fingerprint density at radius 1 is 1.26 bits per heavy atom.